The van der Waals surface area contributed by atoms with Crippen molar-refractivity contribution in [2.24, 2.45) is 0 Å². The van der Waals surface area contributed by atoms with Gasteiger partial charge in [-0.3, -0.25) is 14.5 Å². The molecule has 1 unspecified atom stereocenters. The second-order valence-electron chi connectivity index (χ2n) is 8.37. The summed E-state index contributed by atoms with van der Waals surface area (Å²) in [5.41, 5.74) is 1.45. The molecule has 1 heterocycles. The molecule has 0 spiro atoms. The van der Waals surface area contributed by atoms with Crippen LogP contribution in [0.15, 0.2) is 60.7 Å². The lowest BCUT2D eigenvalue weighted by Crippen LogP contribution is -2.55. The molecule has 5 nitrogen and oxygen atoms in total. The molecule has 0 aromatic heterocycles. The summed E-state index contributed by atoms with van der Waals surface area (Å²) in [5.74, 6) is 0.208. The van der Waals surface area contributed by atoms with Gasteiger partial charge in [-0.2, -0.15) is 0 Å². The molecule has 3 rings (SSSR count). The van der Waals surface area contributed by atoms with Crippen molar-refractivity contribution >= 4 is 11.8 Å². The van der Waals surface area contributed by atoms with E-state index >= 15 is 0 Å². The Labute approximate surface area is 173 Å². The van der Waals surface area contributed by atoms with Crippen LogP contribution in [0.4, 0.5) is 0 Å². The predicted octanol–water partition coefficient (Wildman–Crippen LogP) is 2.94. The van der Waals surface area contributed by atoms with Crippen LogP contribution in [0.3, 0.4) is 0 Å². The van der Waals surface area contributed by atoms with Crippen LogP contribution in [-0.4, -0.2) is 66.8 Å². The molecule has 2 aromatic rings. The Morgan fingerprint density at radius 1 is 0.862 bits per heavy atom. The quantitative estimate of drug-likeness (QED) is 0.785. The summed E-state index contributed by atoms with van der Waals surface area (Å²) < 4.78 is 0. The standard InChI is InChI=1S/C24H31N3O2/c1-24(2,20-13-9-6-10-14-20)23(29)27-17-15-26(16-18-27)21(22(28)25(3)4)19-11-7-5-8-12-19/h5-14,21H,15-18H2,1-4H3. The molecule has 0 bridgehead atoms. The normalized spacial score (nSPS) is 16.3. The van der Waals surface area contributed by atoms with Crippen LogP contribution in [0, 0.1) is 0 Å². The lowest BCUT2D eigenvalue weighted by molar-refractivity contribution is -0.140. The van der Waals surface area contributed by atoms with Gasteiger partial charge in [-0.15, -0.1) is 0 Å². The first-order valence-electron chi connectivity index (χ1n) is 10.2. The fourth-order valence-electron chi connectivity index (χ4n) is 3.95. The van der Waals surface area contributed by atoms with Crippen molar-refractivity contribution < 1.29 is 9.59 Å². The zero-order valence-corrected chi connectivity index (χ0v) is 17.8. The van der Waals surface area contributed by atoms with Gasteiger partial charge in [-0.25, -0.2) is 0 Å². The van der Waals surface area contributed by atoms with Gasteiger partial charge < -0.3 is 9.80 Å². The summed E-state index contributed by atoms with van der Waals surface area (Å²) in [6, 6.07) is 19.5. The molecule has 29 heavy (non-hydrogen) atoms. The molecule has 154 valence electrons. The third kappa shape index (κ3) is 4.51. The largest absolute Gasteiger partial charge is 0.347 e. The molecule has 2 amide bonds. The maximum Gasteiger partial charge on any atom is 0.244 e. The van der Waals surface area contributed by atoms with Crippen LogP contribution >= 0.6 is 0 Å². The number of likely N-dealkylation sites (N-methyl/N-ethyl adjacent to an activating group) is 1. The van der Waals surface area contributed by atoms with Gasteiger partial charge in [0.2, 0.25) is 11.8 Å². The van der Waals surface area contributed by atoms with Crippen LogP contribution in [0.25, 0.3) is 0 Å². The Balaban J connectivity index is 1.73. The Kier molecular flexibility index (Phi) is 6.38. The van der Waals surface area contributed by atoms with E-state index in [0.717, 1.165) is 11.1 Å². The number of hydrogen-bond acceptors (Lipinski definition) is 3. The van der Waals surface area contributed by atoms with Crippen LogP contribution in [0.2, 0.25) is 0 Å². The number of nitrogens with zero attached hydrogens (tertiary/aromatic N) is 3. The summed E-state index contributed by atoms with van der Waals surface area (Å²) in [7, 11) is 3.58. The number of carbonyl (C=O) groups excluding carboxylic acids is 2. The van der Waals surface area contributed by atoms with Crippen LogP contribution in [-0.2, 0) is 15.0 Å². The van der Waals surface area contributed by atoms with Crippen molar-refractivity contribution in [3.63, 3.8) is 0 Å². The molecule has 0 N–H and O–H groups in total. The highest BCUT2D eigenvalue weighted by atomic mass is 16.2. The van der Waals surface area contributed by atoms with Crippen molar-refractivity contribution in [3.8, 4) is 0 Å². The van der Waals surface area contributed by atoms with Crippen LogP contribution in [0.5, 0.6) is 0 Å². The fourth-order valence-corrected chi connectivity index (χ4v) is 3.95. The second-order valence-corrected chi connectivity index (χ2v) is 8.37. The molecule has 2 aromatic carbocycles. The molecular weight excluding hydrogens is 362 g/mol. The van der Waals surface area contributed by atoms with Crippen molar-refractivity contribution in [1.82, 2.24) is 14.7 Å². The summed E-state index contributed by atoms with van der Waals surface area (Å²) in [5, 5.41) is 0. The number of piperazine rings is 1. The maximum absolute atomic E-state index is 13.2. The SMILES string of the molecule is CN(C)C(=O)C(c1ccccc1)N1CCN(C(=O)C(C)(C)c2ccccc2)CC1. The average molecular weight is 394 g/mol. The van der Waals surface area contributed by atoms with Gasteiger partial charge in [0.05, 0.1) is 5.41 Å². The Hall–Kier alpha value is -2.66. The summed E-state index contributed by atoms with van der Waals surface area (Å²) in [4.78, 5) is 31.9. The third-order valence-corrected chi connectivity index (χ3v) is 5.79. The fraction of sp³-hybridized carbons (Fsp3) is 0.417. The summed E-state index contributed by atoms with van der Waals surface area (Å²) >= 11 is 0. The number of amides is 2. The van der Waals surface area contributed by atoms with E-state index in [1.165, 1.54) is 0 Å². The molecule has 0 aliphatic carbocycles. The van der Waals surface area contributed by atoms with Gasteiger partial charge in [0, 0.05) is 40.3 Å². The highest BCUT2D eigenvalue weighted by Crippen LogP contribution is 2.28. The van der Waals surface area contributed by atoms with Gasteiger partial charge >= 0.3 is 0 Å². The number of benzene rings is 2. The average Bonchev–Trinajstić information content (AvgIpc) is 2.75. The highest BCUT2D eigenvalue weighted by Gasteiger charge is 2.37. The Bertz CT molecular complexity index is 826. The summed E-state index contributed by atoms with van der Waals surface area (Å²) in [6.07, 6.45) is 0. The van der Waals surface area contributed by atoms with E-state index in [-0.39, 0.29) is 17.9 Å². The van der Waals surface area contributed by atoms with E-state index in [2.05, 4.69) is 4.90 Å². The third-order valence-electron chi connectivity index (χ3n) is 5.79. The van der Waals surface area contributed by atoms with Gasteiger partial charge in [-0.05, 0) is 25.0 Å². The molecule has 0 saturated carbocycles. The molecule has 1 aliphatic heterocycles. The first-order valence-corrected chi connectivity index (χ1v) is 10.2. The van der Waals surface area contributed by atoms with E-state index in [0.29, 0.717) is 26.2 Å². The first-order chi connectivity index (χ1) is 13.8. The van der Waals surface area contributed by atoms with E-state index in [9.17, 15) is 9.59 Å². The van der Waals surface area contributed by atoms with Crippen molar-refractivity contribution in [2.75, 3.05) is 40.3 Å². The van der Waals surface area contributed by atoms with E-state index in [1.54, 1.807) is 19.0 Å². The lowest BCUT2D eigenvalue weighted by Gasteiger charge is -2.41. The number of hydrogen-bond donors (Lipinski definition) is 0. The zero-order chi connectivity index (χ0) is 21.0. The van der Waals surface area contributed by atoms with E-state index < -0.39 is 5.41 Å². The molecular formula is C24H31N3O2. The molecule has 1 saturated heterocycles. The molecule has 0 radical (unpaired) electrons. The first kappa shape index (κ1) is 21.1. The van der Waals surface area contributed by atoms with Crippen molar-refractivity contribution in [2.45, 2.75) is 25.3 Å². The van der Waals surface area contributed by atoms with Gasteiger partial charge in [0.1, 0.15) is 6.04 Å². The molecule has 1 fully saturated rings. The Morgan fingerprint density at radius 2 is 1.38 bits per heavy atom. The van der Waals surface area contributed by atoms with Crippen molar-refractivity contribution in [3.05, 3.63) is 71.8 Å². The summed E-state index contributed by atoms with van der Waals surface area (Å²) in [6.45, 7) is 6.57. The molecule has 1 aliphatic rings. The number of carbonyl (C=O) groups is 2. The highest BCUT2D eigenvalue weighted by molar-refractivity contribution is 5.87. The molecule has 5 heteroatoms. The van der Waals surface area contributed by atoms with Gasteiger partial charge in [0.25, 0.3) is 0 Å². The lowest BCUT2D eigenvalue weighted by atomic mass is 9.83. The minimum Gasteiger partial charge on any atom is -0.347 e. The molecule has 1 atom stereocenters. The van der Waals surface area contributed by atoms with E-state index in [1.807, 2.05) is 79.4 Å². The second kappa shape index (κ2) is 8.78. The van der Waals surface area contributed by atoms with Crippen molar-refractivity contribution in [1.29, 1.82) is 0 Å². The monoisotopic (exact) mass is 393 g/mol. The zero-order valence-electron chi connectivity index (χ0n) is 17.8. The van der Waals surface area contributed by atoms with Crippen LogP contribution < -0.4 is 0 Å². The smallest absolute Gasteiger partial charge is 0.244 e. The van der Waals surface area contributed by atoms with E-state index in [4.69, 9.17) is 0 Å². The minimum atomic E-state index is -0.568. The topological polar surface area (TPSA) is 43.9 Å². The van der Waals surface area contributed by atoms with Gasteiger partial charge in [-0.1, -0.05) is 60.7 Å². The Morgan fingerprint density at radius 3 is 1.90 bits per heavy atom. The van der Waals surface area contributed by atoms with Gasteiger partial charge in [0.15, 0.2) is 0 Å². The maximum atomic E-state index is 13.2. The van der Waals surface area contributed by atoms with Crippen LogP contribution in [0.1, 0.15) is 31.0 Å². The predicted molar refractivity (Wildman–Crippen MR) is 115 cm³/mol. The number of rotatable bonds is 5. The minimum absolute atomic E-state index is 0.0700.